The molecule has 0 aromatic carbocycles. The highest BCUT2D eigenvalue weighted by Crippen LogP contribution is 2.15. The second-order valence-electron chi connectivity index (χ2n) is 3.71. The molecule has 1 N–H and O–H groups in total. The molecule has 1 rings (SSSR count). The molecule has 1 aromatic rings. The second-order valence-corrected chi connectivity index (χ2v) is 3.71. The number of aliphatic carboxylic acids is 1. The van der Waals surface area contributed by atoms with Crippen LogP contribution in [0.1, 0.15) is 43.4 Å². The predicted molar refractivity (Wildman–Crippen MR) is 56.8 cm³/mol. The van der Waals surface area contributed by atoms with Gasteiger partial charge in [-0.3, -0.25) is 4.79 Å². The van der Waals surface area contributed by atoms with Crippen LogP contribution in [0.5, 0.6) is 0 Å². The number of hydrogen-bond acceptors (Lipinski definition) is 3. The van der Waals surface area contributed by atoms with E-state index in [2.05, 4.69) is 9.97 Å². The van der Waals surface area contributed by atoms with Gasteiger partial charge in [-0.25, -0.2) is 9.97 Å². The Labute approximate surface area is 89.4 Å². The van der Waals surface area contributed by atoms with Crippen LogP contribution in [0.15, 0.2) is 6.07 Å². The molecular formula is C11H16N2O2. The van der Waals surface area contributed by atoms with Gasteiger partial charge in [0.15, 0.2) is 0 Å². The summed E-state index contributed by atoms with van der Waals surface area (Å²) in [6.07, 6.45) is 0.919. The Morgan fingerprint density at radius 2 is 2.20 bits per heavy atom. The summed E-state index contributed by atoms with van der Waals surface area (Å²) in [7, 11) is 0. The lowest BCUT2D eigenvalue weighted by Gasteiger charge is -2.09. The maximum Gasteiger partial charge on any atom is 0.304 e. The van der Waals surface area contributed by atoms with E-state index in [1.165, 1.54) is 0 Å². The van der Waals surface area contributed by atoms with Gasteiger partial charge in [0.1, 0.15) is 5.82 Å². The van der Waals surface area contributed by atoms with Crippen LogP contribution in [-0.4, -0.2) is 21.0 Å². The molecule has 0 amide bonds. The van der Waals surface area contributed by atoms with Gasteiger partial charge in [-0.1, -0.05) is 13.8 Å². The highest BCUT2D eigenvalue weighted by atomic mass is 16.4. The van der Waals surface area contributed by atoms with Crippen molar-refractivity contribution < 1.29 is 9.90 Å². The molecule has 0 bridgehead atoms. The fraction of sp³-hybridized carbons (Fsp3) is 0.545. The first-order valence-electron chi connectivity index (χ1n) is 5.09. The first-order valence-corrected chi connectivity index (χ1v) is 5.09. The van der Waals surface area contributed by atoms with E-state index in [1.54, 1.807) is 0 Å². The number of carboxylic acid groups (broad SMARTS) is 1. The maximum absolute atomic E-state index is 10.6. The molecule has 4 nitrogen and oxygen atoms in total. The van der Waals surface area contributed by atoms with Crippen LogP contribution in [0, 0.1) is 6.92 Å². The van der Waals surface area contributed by atoms with Crippen molar-refractivity contribution in [1.29, 1.82) is 0 Å². The Kier molecular flexibility index (Phi) is 3.77. The van der Waals surface area contributed by atoms with Gasteiger partial charge < -0.3 is 5.11 Å². The van der Waals surface area contributed by atoms with Gasteiger partial charge in [0, 0.05) is 17.3 Å². The minimum atomic E-state index is -0.814. The Balaban J connectivity index is 2.92. The van der Waals surface area contributed by atoms with Crippen molar-refractivity contribution in [2.24, 2.45) is 0 Å². The van der Waals surface area contributed by atoms with E-state index in [0.717, 1.165) is 17.8 Å². The molecule has 82 valence electrons. The number of aromatic nitrogens is 2. The minimum absolute atomic E-state index is 0.0760. The van der Waals surface area contributed by atoms with E-state index >= 15 is 0 Å². The fourth-order valence-corrected chi connectivity index (χ4v) is 1.41. The zero-order valence-electron chi connectivity index (χ0n) is 9.32. The van der Waals surface area contributed by atoms with Crippen molar-refractivity contribution in [2.45, 2.75) is 39.5 Å². The van der Waals surface area contributed by atoms with Gasteiger partial charge in [0.25, 0.3) is 0 Å². The standard InChI is InChI=1S/C11H16N2O2/c1-4-9-6-8(3)12-11(13-9)7(2)5-10(14)15/h6-7H,4-5H2,1-3H3,(H,14,15). The van der Waals surface area contributed by atoms with Gasteiger partial charge in [-0.2, -0.15) is 0 Å². The molecule has 0 saturated heterocycles. The topological polar surface area (TPSA) is 63.1 Å². The predicted octanol–water partition coefficient (Wildman–Crippen LogP) is 1.93. The van der Waals surface area contributed by atoms with Crippen LogP contribution in [0.25, 0.3) is 0 Å². The van der Waals surface area contributed by atoms with Crippen LogP contribution >= 0.6 is 0 Å². The molecule has 0 spiro atoms. The van der Waals surface area contributed by atoms with E-state index < -0.39 is 5.97 Å². The summed E-state index contributed by atoms with van der Waals surface area (Å²) in [5.74, 6) is -0.312. The molecule has 1 unspecified atom stereocenters. The normalized spacial score (nSPS) is 12.5. The third kappa shape index (κ3) is 3.31. The van der Waals surface area contributed by atoms with Crippen LogP contribution in [0.3, 0.4) is 0 Å². The first kappa shape index (κ1) is 11.6. The van der Waals surface area contributed by atoms with Crippen LogP contribution in [0.2, 0.25) is 0 Å². The maximum atomic E-state index is 10.6. The van der Waals surface area contributed by atoms with Gasteiger partial charge >= 0.3 is 5.97 Å². The van der Waals surface area contributed by atoms with Crippen molar-refractivity contribution >= 4 is 5.97 Å². The Morgan fingerprint density at radius 3 is 2.73 bits per heavy atom. The lowest BCUT2D eigenvalue weighted by Crippen LogP contribution is -2.09. The fourth-order valence-electron chi connectivity index (χ4n) is 1.41. The van der Waals surface area contributed by atoms with Crippen molar-refractivity contribution in [3.8, 4) is 0 Å². The summed E-state index contributed by atoms with van der Waals surface area (Å²) < 4.78 is 0. The Bertz CT molecular complexity index is 364. The van der Waals surface area contributed by atoms with Crippen LogP contribution < -0.4 is 0 Å². The summed E-state index contributed by atoms with van der Waals surface area (Å²) >= 11 is 0. The zero-order chi connectivity index (χ0) is 11.4. The van der Waals surface area contributed by atoms with E-state index in [-0.39, 0.29) is 12.3 Å². The number of nitrogens with zero attached hydrogens (tertiary/aromatic N) is 2. The molecule has 0 radical (unpaired) electrons. The molecule has 1 heterocycles. The minimum Gasteiger partial charge on any atom is -0.481 e. The molecule has 0 aliphatic heterocycles. The third-order valence-electron chi connectivity index (χ3n) is 2.21. The van der Waals surface area contributed by atoms with Gasteiger partial charge in [0.2, 0.25) is 0 Å². The van der Waals surface area contributed by atoms with Crippen LogP contribution in [-0.2, 0) is 11.2 Å². The Morgan fingerprint density at radius 1 is 1.53 bits per heavy atom. The number of rotatable bonds is 4. The Hall–Kier alpha value is -1.45. The van der Waals surface area contributed by atoms with Gasteiger partial charge in [-0.15, -0.1) is 0 Å². The molecule has 0 aliphatic rings. The molecular weight excluding hydrogens is 192 g/mol. The summed E-state index contributed by atoms with van der Waals surface area (Å²) in [4.78, 5) is 19.2. The molecule has 4 heteroatoms. The third-order valence-corrected chi connectivity index (χ3v) is 2.21. The van der Waals surface area contributed by atoms with Crippen LogP contribution in [0.4, 0.5) is 0 Å². The van der Waals surface area contributed by atoms with Crippen molar-refractivity contribution in [3.63, 3.8) is 0 Å². The summed E-state index contributed by atoms with van der Waals surface area (Å²) in [6.45, 7) is 5.76. The lowest BCUT2D eigenvalue weighted by molar-refractivity contribution is -0.137. The number of hydrogen-bond donors (Lipinski definition) is 1. The smallest absolute Gasteiger partial charge is 0.304 e. The number of carboxylic acids is 1. The van der Waals surface area contributed by atoms with E-state index in [4.69, 9.17) is 5.11 Å². The largest absolute Gasteiger partial charge is 0.481 e. The molecule has 0 aliphatic carbocycles. The van der Waals surface area contributed by atoms with Crippen molar-refractivity contribution in [1.82, 2.24) is 9.97 Å². The molecule has 1 atom stereocenters. The number of aryl methyl sites for hydroxylation is 2. The second kappa shape index (κ2) is 4.87. The first-order chi connectivity index (χ1) is 7.02. The van der Waals surface area contributed by atoms with E-state index in [1.807, 2.05) is 26.8 Å². The van der Waals surface area contributed by atoms with Crippen molar-refractivity contribution in [2.75, 3.05) is 0 Å². The summed E-state index contributed by atoms with van der Waals surface area (Å²) in [6, 6.07) is 1.93. The highest BCUT2D eigenvalue weighted by Gasteiger charge is 2.13. The van der Waals surface area contributed by atoms with Crippen molar-refractivity contribution in [3.05, 3.63) is 23.3 Å². The summed E-state index contributed by atoms with van der Waals surface area (Å²) in [5.41, 5.74) is 1.86. The molecule has 1 aromatic heterocycles. The average molecular weight is 208 g/mol. The molecule has 0 saturated carbocycles. The number of carbonyl (C=O) groups is 1. The lowest BCUT2D eigenvalue weighted by atomic mass is 10.1. The summed E-state index contributed by atoms with van der Waals surface area (Å²) in [5, 5.41) is 8.69. The average Bonchev–Trinajstić information content (AvgIpc) is 2.15. The SMILES string of the molecule is CCc1cc(C)nc(C(C)CC(=O)O)n1. The zero-order valence-corrected chi connectivity index (χ0v) is 9.32. The quantitative estimate of drug-likeness (QED) is 0.821. The van der Waals surface area contributed by atoms with E-state index in [0.29, 0.717) is 5.82 Å². The van der Waals surface area contributed by atoms with Gasteiger partial charge in [-0.05, 0) is 19.4 Å². The van der Waals surface area contributed by atoms with E-state index in [9.17, 15) is 4.79 Å². The molecule has 0 fully saturated rings. The molecule has 15 heavy (non-hydrogen) atoms. The van der Waals surface area contributed by atoms with Gasteiger partial charge in [0.05, 0.1) is 6.42 Å². The highest BCUT2D eigenvalue weighted by molar-refractivity contribution is 5.67. The monoisotopic (exact) mass is 208 g/mol.